The van der Waals surface area contributed by atoms with Crippen molar-refractivity contribution in [2.24, 2.45) is 11.8 Å². The maximum atomic E-state index is 11.9. The number of benzene rings is 2. The Hall–Kier alpha value is -2.42. The summed E-state index contributed by atoms with van der Waals surface area (Å²) >= 11 is 0. The SMILES string of the molecule is CCCCCCC1CC1.CCCCCOC(=O)c1ccc(-c2ccc(C)cc2)cc1.O=CC1CCC1. The van der Waals surface area contributed by atoms with Gasteiger partial charge in [0.1, 0.15) is 6.29 Å². The number of esters is 1. The minimum Gasteiger partial charge on any atom is -0.462 e. The van der Waals surface area contributed by atoms with Crippen LogP contribution in [0.15, 0.2) is 48.5 Å². The molecule has 36 heavy (non-hydrogen) atoms. The fourth-order valence-corrected chi connectivity index (χ4v) is 3.99. The van der Waals surface area contributed by atoms with Crippen LogP contribution in [0.1, 0.15) is 113 Å². The Labute approximate surface area is 220 Å². The van der Waals surface area contributed by atoms with Gasteiger partial charge in [-0.15, -0.1) is 0 Å². The number of aryl methyl sites for hydroxylation is 1. The van der Waals surface area contributed by atoms with E-state index in [0.717, 1.165) is 55.4 Å². The van der Waals surface area contributed by atoms with Gasteiger partial charge >= 0.3 is 5.97 Å². The first-order valence-electron chi connectivity index (χ1n) is 14.4. The minimum atomic E-state index is -0.235. The van der Waals surface area contributed by atoms with Crippen molar-refractivity contribution >= 4 is 12.3 Å². The molecule has 0 N–H and O–H groups in total. The van der Waals surface area contributed by atoms with Crippen molar-refractivity contribution in [1.29, 1.82) is 0 Å². The molecule has 2 fully saturated rings. The lowest BCUT2D eigenvalue weighted by molar-refractivity contribution is -0.113. The molecule has 0 saturated heterocycles. The number of aldehydes is 1. The predicted octanol–water partition coefficient (Wildman–Crippen LogP) is 9.36. The molecule has 3 heteroatoms. The van der Waals surface area contributed by atoms with Gasteiger partial charge in [0.05, 0.1) is 12.2 Å². The van der Waals surface area contributed by atoms with Gasteiger partial charge < -0.3 is 9.53 Å². The molecule has 0 aliphatic heterocycles. The Morgan fingerprint density at radius 2 is 1.39 bits per heavy atom. The van der Waals surface area contributed by atoms with Crippen molar-refractivity contribution < 1.29 is 14.3 Å². The molecular weight excluding hydrogens is 444 g/mol. The average molecular weight is 493 g/mol. The van der Waals surface area contributed by atoms with Gasteiger partial charge in [-0.3, -0.25) is 0 Å². The molecule has 2 saturated carbocycles. The van der Waals surface area contributed by atoms with Crippen LogP contribution in [-0.4, -0.2) is 18.9 Å². The van der Waals surface area contributed by atoms with E-state index in [1.807, 2.05) is 24.3 Å². The van der Waals surface area contributed by atoms with Crippen LogP contribution in [0.4, 0.5) is 0 Å². The standard InChI is InChI=1S/C19H22O2.C9H18.C5H8O/c1-3-4-5-14-21-19(20)18-12-10-17(11-13-18)16-8-6-15(2)7-9-16;1-2-3-4-5-6-9-7-8-9;6-4-5-2-1-3-5/h6-13H,3-5,14H2,1-2H3;9H,2-8H2,1H3;4-5H,1-3H2. The molecule has 0 unspecified atom stereocenters. The van der Waals surface area contributed by atoms with Crippen LogP contribution in [0.25, 0.3) is 11.1 Å². The van der Waals surface area contributed by atoms with E-state index in [1.165, 1.54) is 56.9 Å². The first-order valence-corrected chi connectivity index (χ1v) is 14.4. The third-order valence-corrected chi connectivity index (χ3v) is 6.99. The van der Waals surface area contributed by atoms with Crippen LogP contribution in [-0.2, 0) is 9.53 Å². The number of carbonyl (C=O) groups excluding carboxylic acids is 2. The van der Waals surface area contributed by atoms with Crippen LogP contribution >= 0.6 is 0 Å². The highest BCUT2D eigenvalue weighted by atomic mass is 16.5. The number of rotatable bonds is 12. The Morgan fingerprint density at radius 1 is 0.806 bits per heavy atom. The number of hydrogen-bond donors (Lipinski definition) is 0. The lowest BCUT2D eigenvalue weighted by atomic mass is 9.87. The molecule has 0 spiro atoms. The summed E-state index contributed by atoms with van der Waals surface area (Å²) in [5, 5.41) is 0. The monoisotopic (exact) mass is 492 g/mol. The van der Waals surface area contributed by atoms with Gasteiger partial charge in [-0.2, -0.15) is 0 Å². The van der Waals surface area contributed by atoms with Gasteiger partial charge in [0.15, 0.2) is 0 Å². The third kappa shape index (κ3) is 12.5. The molecule has 2 aromatic carbocycles. The summed E-state index contributed by atoms with van der Waals surface area (Å²) < 4.78 is 5.25. The Morgan fingerprint density at radius 3 is 1.86 bits per heavy atom. The van der Waals surface area contributed by atoms with Crippen LogP contribution in [0.3, 0.4) is 0 Å². The van der Waals surface area contributed by atoms with Crippen molar-refractivity contribution in [1.82, 2.24) is 0 Å². The second kappa shape index (κ2) is 17.9. The molecule has 0 heterocycles. The third-order valence-electron chi connectivity index (χ3n) is 6.99. The second-order valence-corrected chi connectivity index (χ2v) is 10.4. The molecule has 0 amide bonds. The molecule has 2 aromatic rings. The van der Waals surface area contributed by atoms with Crippen LogP contribution in [0, 0.1) is 18.8 Å². The summed E-state index contributed by atoms with van der Waals surface area (Å²) in [6.07, 6.45) is 18.2. The number of ether oxygens (including phenoxy) is 1. The van der Waals surface area contributed by atoms with E-state index in [2.05, 4.69) is 45.0 Å². The molecular formula is C33H48O3. The molecule has 4 rings (SSSR count). The maximum absolute atomic E-state index is 11.9. The maximum Gasteiger partial charge on any atom is 0.338 e. The van der Waals surface area contributed by atoms with Gasteiger partial charge in [-0.25, -0.2) is 4.79 Å². The first-order chi connectivity index (χ1) is 17.6. The van der Waals surface area contributed by atoms with Crippen LogP contribution < -0.4 is 0 Å². The topological polar surface area (TPSA) is 43.4 Å². The number of unbranched alkanes of at least 4 members (excludes halogenated alkanes) is 5. The normalized spacial score (nSPS) is 14.4. The fraction of sp³-hybridized carbons (Fsp3) is 0.576. The molecule has 3 nitrogen and oxygen atoms in total. The minimum absolute atomic E-state index is 0.235. The van der Waals surface area contributed by atoms with Crippen molar-refractivity contribution in [3.05, 3.63) is 59.7 Å². The zero-order chi connectivity index (χ0) is 26.0. The van der Waals surface area contributed by atoms with Crippen molar-refractivity contribution in [2.75, 3.05) is 6.61 Å². The van der Waals surface area contributed by atoms with E-state index in [-0.39, 0.29) is 5.97 Å². The zero-order valence-electron chi connectivity index (χ0n) is 23.0. The van der Waals surface area contributed by atoms with E-state index in [0.29, 0.717) is 18.1 Å². The molecule has 2 aliphatic carbocycles. The highest BCUT2D eigenvalue weighted by Crippen LogP contribution is 2.34. The van der Waals surface area contributed by atoms with E-state index in [9.17, 15) is 9.59 Å². The highest BCUT2D eigenvalue weighted by Gasteiger charge is 2.19. The quantitative estimate of drug-likeness (QED) is 0.168. The first kappa shape index (κ1) is 29.8. The van der Waals surface area contributed by atoms with Gasteiger partial charge in [-0.1, -0.05) is 120 Å². The van der Waals surface area contributed by atoms with Gasteiger partial charge in [-0.05, 0) is 55.4 Å². The molecule has 0 aromatic heterocycles. The van der Waals surface area contributed by atoms with E-state index < -0.39 is 0 Å². The summed E-state index contributed by atoms with van der Waals surface area (Å²) in [4.78, 5) is 21.7. The fourth-order valence-electron chi connectivity index (χ4n) is 3.99. The lowest BCUT2D eigenvalue weighted by Gasteiger charge is -2.17. The van der Waals surface area contributed by atoms with Crippen molar-refractivity contribution in [2.45, 2.75) is 104 Å². The Balaban J connectivity index is 0.000000247. The van der Waals surface area contributed by atoms with Crippen molar-refractivity contribution in [3.63, 3.8) is 0 Å². The summed E-state index contributed by atoms with van der Waals surface area (Å²) in [6, 6.07) is 16.0. The molecule has 0 bridgehead atoms. The lowest BCUT2D eigenvalue weighted by Crippen LogP contribution is -2.10. The second-order valence-electron chi connectivity index (χ2n) is 10.4. The largest absolute Gasteiger partial charge is 0.462 e. The summed E-state index contributed by atoms with van der Waals surface area (Å²) in [5.74, 6) is 1.36. The van der Waals surface area contributed by atoms with Gasteiger partial charge in [0.2, 0.25) is 0 Å². The Kier molecular flexibility index (Phi) is 14.8. The van der Waals surface area contributed by atoms with Crippen LogP contribution in [0.5, 0.6) is 0 Å². The van der Waals surface area contributed by atoms with Gasteiger partial charge in [0, 0.05) is 5.92 Å². The summed E-state index contributed by atoms with van der Waals surface area (Å²) in [7, 11) is 0. The molecule has 198 valence electrons. The average Bonchev–Trinajstić information content (AvgIpc) is 3.70. The zero-order valence-corrected chi connectivity index (χ0v) is 23.0. The predicted molar refractivity (Wildman–Crippen MR) is 151 cm³/mol. The van der Waals surface area contributed by atoms with Gasteiger partial charge in [0.25, 0.3) is 0 Å². The van der Waals surface area contributed by atoms with E-state index in [4.69, 9.17) is 4.74 Å². The smallest absolute Gasteiger partial charge is 0.338 e. The number of hydrogen-bond acceptors (Lipinski definition) is 3. The molecule has 2 aliphatic rings. The number of carbonyl (C=O) groups is 2. The molecule has 0 atom stereocenters. The summed E-state index contributed by atoms with van der Waals surface area (Å²) in [5.41, 5.74) is 4.12. The highest BCUT2D eigenvalue weighted by molar-refractivity contribution is 5.90. The van der Waals surface area contributed by atoms with Crippen molar-refractivity contribution in [3.8, 4) is 11.1 Å². The van der Waals surface area contributed by atoms with Crippen LogP contribution in [0.2, 0.25) is 0 Å². The van der Waals surface area contributed by atoms with E-state index >= 15 is 0 Å². The Bertz CT molecular complexity index is 846. The van der Waals surface area contributed by atoms with E-state index in [1.54, 1.807) is 0 Å². The molecule has 0 radical (unpaired) electrons. The summed E-state index contributed by atoms with van der Waals surface area (Å²) in [6.45, 7) is 6.98.